The number of methoxy groups -OCH3 is 2. The molecule has 0 atom stereocenters. The van der Waals surface area contributed by atoms with Crippen LogP contribution in [0.2, 0.25) is 0 Å². The van der Waals surface area contributed by atoms with E-state index in [1.165, 1.54) is 38.5 Å². The summed E-state index contributed by atoms with van der Waals surface area (Å²) in [6.07, 6.45) is 9.10. The lowest BCUT2D eigenvalue weighted by Gasteiger charge is -2.57. The van der Waals surface area contributed by atoms with Gasteiger partial charge in [-0.2, -0.15) is 0 Å². The van der Waals surface area contributed by atoms with Gasteiger partial charge in [-0.15, -0.1) is 0 Å². The zero-order valence-corrected chi connectivity index (χ0v) is 18.6. The van der Waals surface area contributed by atoms with Gasteiger partial charge >= 0.3 is 0 Å². The summed E-state index contributed by atoms with van der Waals surface area (Å²) in [7, 11) is 3.41. The minimum atomic E-state index is 0.344. The van der Waals surface area contributed by atoms with Gasteiger partial charge in [0.05, 0.1) is 14.2 Å². The third-order valence-corrected chi connectivity index (χ3v) is 8.30. The summed E-state index contributed by atoms with van der Waals surface area (Å²) >= 11 is 0. The number of carbonyl (C=O) groups is 1. The van der Waals surface area contributed by atoms with Crippen LogP contribution >= 0.6 is 0 Å². The van der Waals surface area contributed by atoms with Gasteiger partial charge in [0.25, 0.3) is 0 Å². The molecule has 1 aliphatic heterocycles. The molecule has 0 radical (unpaired) electrons. The SMILES string of the molecule is COc1ccc(OC)c(CN2CCN(C(=O)CC34CC5CC(CC(C5)C3)C4)CC2)c1. The zero-order valence-electron chi connectivity index (χ0n) is 18.6. The van der Waals surface area contributed by atoms with Crippen LogP contribution in [0, 0.1) is 23.2 Å². The molecular formula is C25H36N2O3. The summed E-state index contributed by atoms with van der Waals surface area (Å²) in [6, 6.07) is 5.96. The van der Waals surface area contributed by atoms with Gasteiger partial charge in [0.2, 0.25) is 5.91 Å². The standard InChI is InChI=1S/C25H36N2O3/c1-29-22-3-4-23(30-2)21(12-22)17-26-5-7-27(8-6-26)24(28)16-25-13-18-9-19(14-25)11-20(10-18)15-25/h3-4,12,18-20H,5-11,13-17H2,1-2H3. The lowest BCUT2D eigenvalue weighted by molar-refractivity contribution is -0.141. The second kappa shape index (κ2) is 8.07. The number of hydrogen-bond acceptors (Lipinski definition) is 4. The zero-order chi connectivity index (χ0) is 20.7. The van der Waals surface area contributed by atoms with Gasteiger partial charge in [-0.25, -0.2) is 0 Å². The van der Waals surface area contributed by atoms with E-state index in [1.54, 1.807) is 14.2 Å². The van der Waals surface area contributed by atoms with Gasteiger partial charge in [-0.3, -0.25) is 9.69 Å². The Morgan fingerprint density at radius 1 is 0.967 bits per heavy atom. The minimum absolute atomic E-state index is 0.344. The first-order valence-corrected chi connectivity index (χ1v) is 11.8. The number of carbonyl (C=O) groups excluding carboxylic acids is 1. The summed E-state index contributed by atoms with van der Waals surface area (Å²) in [5, 5.41) is 0. The normalized spacial score (nSPS) is 33.0. The largest absolute Gasteiger partial charge is 0.497 e. The summed E-state index contributed by atoms with van der Waals surface area (Å²) in [5.41, 5.74) is 1.49. The second-order valence-corrected chi connectivity index (χ2v) is 10.4. The molecule has 0 aromatic heterocycles. The topological polar surface area (TPSA) is 42.0 Å². The number of nitrogens with zero attached hydrogens (tertiary/aromatic N) is 2. The van der Waals surface area contributed by atoms with Crippen LogP contribution in [0.5, 0.6) is 11.5 Å². The first-order chi connectivity index (χ1) is 14.6. The highest BCUT2D eigenvalue weighted by Crippen LogP contribution is 2.61. The number of benzene rings is 1. The summed E-state index contributed by atoms with van der Waals surface area (Å²) in [6.45, 7) is 4.37. The van der Waals surface area contributed by atoms with E-state index >= 15 is 0 Å². The van der Waals surface area contributed by atoms with Crippen LogP contribution in [0.15, 0.2) is 18.2 Å². The first kappa shape index (κ1) is 20.2. The smallest absolute Gasteiger partial charge is 0.223 e. The molecule has 0 unspecified atom stereocenters. The van der Waals surface area contributed by atoms with Gasteiger partial charge in [-0.1, -0.05) is 0 Å². The molecule has 0 spiro atoms. The van der Waals surface area contributed by atoms with Gasteiger partial charge in [-0.05, 0) is 79.9 Å². The predicted octanol–water partition coefficient (Wildman–Crippen LogP) is 3.95. The Kier molecular flexibility index (Phi) is 5.42. The highest BCUT2D eigenvalue weighted by atomic mass is 16.5. The molecule has 1 saturated heterocycles. The number of piperazine rings is 1. The molecule has 1 heterocycles. The molecule has 1 amide bonds. The molecule has 164 valence electrons. The van der Waals surface area contributed by atoms with Crippen molar-refractivity contribution in [3.8, 4) is 11.5 Å². The fourth-order valence-electron chi connectivity index (χ4n) is 7.34. The predicted molar refractivity (Wildman–Crippen MR) is 117 cm³/mol. The molecule has 5 heteroatoms. The number of ether oxygens (including phenoxy) is 2. The lowest BCUT2D eigenvalue weighted by atomic mass is 9.49. The van der Waals surface area contributed by atoms with Crippen LogP contribution in [0.25, 0.3) is 0 Å². The van der Waals surface area contributed by atoms with Crippen LogP contribution in [0.3, 0.4) is 0 Å². The van der Waals surface area contributed by atoms with Gasteiger partial charge in [0, 0.05) is 44.7 Å². The molecule has 4 aliphatic carbocycles. The Bertz CT molecular complexity index is 749. The first-order valence-electron chi connectivity index (χ1n) is 11.8. The van der Waals surface area contributed by atoms with Crippen molar-refractivity contribution >= 4 is 5.91 Å². The average molecular weight is 413 g/mol. The fourth-order valence-corrected chi connectivity index (χ4v) is 7.34. The third-order valence-electron chi connectivity index (χ3n) is 8.30. The fraction of sp³-hybridized carbons (Fsp3) is 0.720. The highest BCUT2D eigenvalue weighted by molar-refractivity contribution is 5.77. The van der Waals surface area contributed by atoms with E-state index in [1.807, 2.05) is 12.1 Å². The molecule has 4 saturated carbocycles. The Balaban J connectivity index is 1.16. The van der Waals surface area contributed by atoms with Crippen molar-refractivity contribution in [3.05, 3.63) is 23.8 Å². The molecule has 5 nitrogen and oxygen atoms in total. The summed E-state index contributed by atoms with van der Waals surface area (Å²) in [5.74, 6) is 4.91. The Hall–Kier alpha value is -1.75. The molecule has 5 aliphatic rings. The van der Waals surface area contributed by atoms with Crippen molar-refractivity contribution in [1.29, 1.82) is 0 Å². The van der Waals surface area contributed by atoms with Crippen molar-refractivity contribution in [1.82, 2.24) is 9.80 Å². The maximum atomic E-state index is 13.2. The van der Waals surface area contributed by atoms with E-state index in [4.69, 9.17) is 9.47 Å². The van der Waals surface area contributed by atoms with E-state index in [2.05, 4.69) is 15.9 Å². The quantitative estimate of drug-likeness (QED) is 0.709. The molecular weight excluding hydrogens is 376 g/mol. The van der Waals surface area contributed by atoms with Crippen molar-refractivity contribution in [3.63, 3.8) is 0 Å². The van der Waals surface area contributed by atoms with Gasteiger partial charge in [0.15, 0.2) is 0 Å². The number of rotatable bonds is 6. The summed E-state index contributed by atoms with van der Waals surface area (Å²) < 4.78 is 10.9. The Morgan fingerprint density at radius 3 is 2.17 bits per heavy atom. The maximum absolute atomic E-state index is 13.2. The van der Waals surface area contributed by atoms with E-state index < -0.39 is 0 Å². The monoisotopic (exact) mass is 412 g/mol. The van der Waals surface area contributed by atoms with Gasteiger partial charge < -0.3 is 14.4 Å². The highest BCUT2D eigenvalue weighted by Gasteiger charge is 2.51. The number of amides is 1. The van der Waals surface area contributed by atoms with Crippen molar-refractivity contribution in [2.75, 3.05) is 40.4 Å². The third kappa shape index (κ3) is 3.93. The molecule has 1 aromatic rings. The molecule has 0 N–H and O–H groups in total. The average Bonchev–Trinajstić information content (AvgIpc) is 2.73. The van der Waals surface area contributed by atoms with Crippen LogP contribution in [0.1, 0.15) is 50.5 Å². The van der Waals surface area contributed by atoms with Crippen molar-refractivity contribution in [2.24, 2.45) is 23.2 Å². The van der Waals surface area contributed by atoms with Crippen molar-refractivity contribution < 1.29 is 14.3 Å². The molecule has 1 aromatic carbocycles. The van der Waals surface area contributed by atoms with Crippen LogP contribution in [-0.4, -0.2) is 56.1 Å². The van der Waals surface area contributed by atoms with Crippen LogP contribution < -0.4 is 9.47 Å². The maximum Gasteiger partial charge on any atom is 0.223 e. The Morgan fingerprint density at radius 2 is 1.60 bits per heavy atom. The molecule has 6 rings (SSSR count). The second-order valence-electron chi connectivity index (χ2n) is 10.4. The van der Waals surface area contributed by atoms with E-state index in [0.717, 1.165) is 74.0 Å². The Labute approximate surface area is 180 Å². The van der Waals surface area contributed by atoms with Gasteiger partial charge in [0.1, 0.15) is 11.5 Å². The molecule has 30 heavy (non-hydrogen) atoms. The number of hydrogen-bond donors (Lipinski definition) is 0. The van der Waals surface area contributed by atoms with E-state index in [-0.39, 0.29) is 0 Å². The molecule has 4 bridgehead atoms. The summed E-state index contributed by atoms with van der Waals surface area (Å²) in [4.78, 5) is 17.8. The lowest BCUT2D eigenvalue weighted by Crippen LogP contribution is -2.52. The van der Waals surface area contributed by atoms with E-state index in [9.17, 15) is 4.79 Å². The van der Waals surface area contributed by atoms with Crippen LogP contribution in [-0.2, 0) is 11.3 Å². The van der Waals surface area contributed by atoms with Crippen molar-refractivity contribution in [2.45, 2.75) is 51.5 Å². The minimum Gasteiger partial charge on any atom is -0.497 e. The molecule has 5 fully saturated rings. The van der Waals surface area contributed by atoms with Crippen LogP contribution in [0.4, 0.5) is 0 Å². The van der Waals surface area contributed by atoms with E-state index in [0.29, 0.717) is 11.3 Å².